The number of rotatable bonds is 4. The molecule has 13 rings (SSSR count). The van der Waals surface area contributed by atoms with E-state index in [1.54, 1.807) is 11.8 Å². The van der Waals surface area contributed by atoms with Gasteiger partial charge in [-0.3, -0.25) is 4.57 Å². The highest BCUT2D eigenvalue weighted by atomic mass is 32.2. The summed E-state index contributed by atoms with van der Waals surface area (Å²) in [6, 6.07) is 72.6. The number of aliphatic imine (C=N–C) groups is 1. The second-order valence-electron chi connectivity index (χ2n) is 16.0. The summed E-state index contributed by atoms with van der Waals surface area (Å²) in [5.74, 6) is 0.820. The molecule has 1 atom stereocenters. The zero-order valence-electron chi connectivity index (χ0n) is 33.0. The van der Waals surface area contributed by atoms with Crippen LogP contribution in [0.3, 0.4) is 0 Å². The highest BCUT2D eigenvalue weighted by molar-refractivity contribution is 8.06. The topological polar surface area (TPSA) is 34.2 Å². The first-order valence-electron chi connectivity index (χ1n) is 20.8. The largest absolute Gasteiger partial charge is 0.344 e. The summed E-state index contributed by atoms with van der Waals surface area (Å²) in [6.07, 6.45) is 0. The third-order valence-electron chi connectivity index (χ3n) is 12.6. The third kappa shape index (κ3) is 5.24. The summed E-state index contributed by atoms with van der Waals surface area (Å²) < 4.78 is 4.78. The Bertz CT molecular complexity index is 3690. The molecule has 4 heterocycles. The van der Waals surface area contributed by atoms with E-state index < -0.39 is 0 Å². The van der Waals surface area contributed by atoms with Crippen LogP contribution < -0.4 is 5.32 Å². The van der Waals surface area contributed by atoms with Crippen LogP contribution in [0.5, 0.6) is 0 Å². The van der Waals surface area contributed by atoms with Crippen LogP contribution in [-0.4, -0.2) is 21.1 Å². The zero-order valence-corrected chi connectivity index (χ0v) is 33.8. The Morgan fingerprint density at radius 1 is 0.426 bits per heavy atom. The molecule has 1 unspecified atom stereocenters. The molecule has 286 valence electrons. The molecule has 0 fully saturated rings. The van der Waals surface area contributed by atoms with Gasteiger partial charge in [-0.1, -0.05) is 169 Å². The maximum atomic E-state index is 5.53. The summed E-state index contributed by atoms with van der Waals surface area (Å²) in [5, 5.41) is 16.2. The molecule has 1 N–H and O–H groups in total. The van der Waals surface area contributed by atoms with Crippen LogP contribution in [0, 0.1) is 0 Å². The summed E-state index contributed by atoms with van der Waals surface area (Å²) in [7, 11) is 0. The number of nitrogens with one attached hydrogen (secondary N) is 1. The minimum atomic E-state index is -0.0393. The highest BCUT2D eigenvalue weighted by Gasteiger charge is 2.35. The highest BCUT2D eigenvalue weighted by Crippen LogP contribution is 2.47. The number of nitrogens with zero attached hydrogens (tertiary/aromatic N) is 3. The van der Waals surface area contributed by atoms with Crippen molar-refractivity contribution in [3.63, 3.8) is 0 Å². The van der Waals surface area contributed by atoms with Crippen LogP contribution in [-0.2, 0) is 0 Å². The average Bonchev–Trinajstić information content (AvgIpc) is 4.02. The van der Waals surface area contributed by atoms with Gasteiger partial charge < -0.3 is 9.88 Å². The maximum absolute atomic E-state index is 5.53. The SMILES string of the molecule is C1=C(c2ccccc2)C2NC(n3c4ccc(-c5ccc6c7c8ccccc8ccc7n(-c7ccccc7)c6c5)cc4c4c5ccccc5ccc43)=NC(c3ccccc3)=C2S1. The van der Waals surface area contributed by atoms with Crippen molar-refractivity contribution in [1.29, 1.82) is 0 Å². The van der Waals surface area contributed by atoms with Crippen molar-refractivity contribution in [3.8, 4) is 16.8 Å². The first kappa shape index (κ1) is 34.3. The first-order valence-corrected chi connectivity index (χ1v) is 21.7. The smallest absolute Gasteiger partial charge is 0.209 e. The number of aromatic nitrogens is 2. The van der Waals surface area contributed by atoms with Gasteiger partial charge in [-0.2, -0.15) is 0 Å². The molecule has 11 aromatic rings. The summed E-state index contributed by atoms with van der Waals surface area (Å²) in [4.78, 5) is 6.75. The van der Waals surface area contributed by atoms with Crippen LogP contribution in [0.1, 0.15) is 11.1 Å². The molecule has 0 radical (unpaired) electrons. The molecule has 9 aromatic carbocycles. The van der Waals surface area contributed by atoms with Gasteiger partial charge in [0.25, 0.3) is 0 Å². The lowest BCUT2D eigenvalue weighted by Crippen LogP contribution is -2.41. The number of para-hydroxylation sites is 1. The van der Waals surface area contributed by atoms with Crippen molar-refractivity contribution < 1.29 is 0 Å². The van der Waals surface area contributed by atoms with Crippen molar-refractivity contribution in [2.24, 2.45) is 4.99 Å². The fourth-order valence-corrected chi connectivity index (χ4v) is 11.0. The van der Waals surface area contributed by atoms with E-state index in [4.69, 9.17) is 4.99 Å². The van der Waals surface area contributed by atoms with Gasteiger partial charge in [0.2, 0.25) is 5.96 Å². The summed E-state index contributed by atoms with van der Waals surface area (Å²) in [5.41, 5.74) is 12.7. The standard InChI is InChI=1S/C56H36N4S/c1-4-14-35(15-5-1)46-34-61-55-53(38-18-6-2-7-19-38)57-56(58-54(46)55)60-47-29-27-39(32-45(47)52-43-23-13-11-17-37(43)26-31-49(52)60)40-24-28-44-50(33-40)59(41-20-8-3-9-21-41)48-30-25-36-16-10-12-22-42(36)51(44)48/h1-34,54H,(H,57,58). The molecule has 2 aromatic heterocycles. The fourth-order valence-electron chi connectivity index (χ4n) is 9.87. The maximum Gasteiger partial charge on any atom is 0.209 e. The first-order chi connectivity index (χ1) is 30.3. The molecule has 0 saturated heterocycles. The van der Waals surface area contributed by atoms with Crippen molar-refractivity contribution in [2.45, 2.75) is 6.04 Å². The number of fused-ring (bicyclic) bond motifs is 11. The number of benzene rings is 9. The predicted octanol–water partition coefficient (Wildman–Crippen LogP) is 14.2. The van der Waals surface area contributed by atoms with E-state index in [1.807, 2.05) is 0 Å². The van der Waals surface area contributed by atoms with Crippen molar-refractivity contribution in [1.82, 2.24) is 14.5 Å². The monoisotopic (exact) mass is 796 g/mol. The van der Waals surface area contributed by atoms with Gasteiger partial charge >= 0.3 is 0 Å². The Morgan fingerprint density at radius 3 is 1.72 bits per heavy atom. The van der Waals surface area contributed by atoms with Crippen molar-refractivity contribution >= 4 is 94.1 Å². The van der Waals surface area contributed by atoms with Gasteiger partial charge in [0.15, 0.2) is 0 Å². The molecule has 5 heteroatoms. The molecular weight excluding hydrogens is 761 g/mol. The Morgan fingerprint density at radius 2 is 1.00 bits per heavy atom. The fraction of sp³-hybridized carbons (Fsp3) is 0.0179. The number of thioether (sulfide) groups is 1. The van der Waals surface area contributed by atoms with Crippen LogP contribution >= 0.6 is 11.8 Å². The second kappa shape index (κ2) is 13.5. The zero-order chi connectivity index (χ0) is 40.0. The van der Waals surface area contributed by atoms with Gasteiger partial charge in [-0.25, -0.2) is 4.99 Å². The van der Waals surface area contributed by atoms with E-state index in [2.05, 4.69) is 220 Å². The van der Waals surface area contributed by atoms with Crippen LogP contribution in [0.25, 0.3) is 93.2 Å². The number of hydrogen-bond donors (Lipinski definition) is 1. The summed E-state index contributed by atoms with van der Waals surface area (Å²) in [6.45, 7) is 0. The van der Waals surface area contributed by atoms with Gasteiger partial charge in [-0.05, 0) is 91.7 Å². The van der Waals surface area contributed by atoms with E-state index in [0.717, 1.165) is 33.9 Å². The molecule has 0 amide bonds. The van der Waals surface area contributed by atoms with E-state index >= 15 is 0 Å². The van der Waals surface area contributed by atoms with Gasteiger partial charge in [0.05, 0.1) is 33.8 Å². The Kier molecular flexibility index (Phi) is 7.57. The number of hydrogen-bond acceptors (Lipinski definition) is 3. The molecule has 0 saturated carbocycles. The Hall–Kier alpha value is -7.60. The molecule has 0 bridgehead atoms. The molecule has 2 aliphatic rings. The normalized spacial score (nSPS) is 15.2. The van der Waals surface area contributed by atoms with Crippen LogP contribution in [0.4, 0.5) is 0 Å². The molecular formula is C56H36N4S. The lowest BCUT2D eigenvalue weighted by atomic mass is 9.97. The van der Waals surface area contributed by atoms with Gasteiger partial charge in [0.1, 0.15) is 0 Å². The molecule has 4 nitrogen and oxygen atoms in total. The minimum absolute atomic E-state index is 0.0393. The molecule has 0 aliphatic carbocycles. The predicted molar refractivity (Wildman–Crippen MR) is 259 cm³/mol. The van der Waals surface area contributed by atoms with Gasteiger partial charge in [0, 0.05) is 37.7 Å². The van der Waals surface area contributed by atoms with Crippen molar-refractivity contribution in [2.75, 3.05) is 0 Å². The average molecular weight is 797 g/mol. The minimum Gasteiger partial charge on any atom is -0.344 e. The van der Waals surface area contributed by atoms with Crippen LogP contribution in [0.2, 0.25) is 0 Å². The van der Waals surface area contributed by atoms with E-state index in [0.29, 0.717) is 0 Å². The Labute approximate surface area is 356 Å². The van der Waals surface area contributed by atoms with E-state index in [1.165, 1.54) is 81.3 Å². The molecule has 61 heavy (non-hydrogen) atoms. The Balaban J connectivity index is 1.04. The van der Waals surface area contributed by atoms with E-state index in [9.17, 15) is 0 Å². The second-order valence-corrected chi connectivity index (χ2v) is 16.9. The summed E-state index contributed by atoms with van der Waals surface area (Å²) >= 11 is 1.78. The molecule has 2 aliphatic heterocycles. The van der Waals surface area contributed by atoms with E-state index in [-0.39, 0.29) is 6.04 Å². The van der Waals surface area contributed by atoms with Gasteiger partial charge in [-0.15, -0.1) is 0 Å². The van der Waals surface area contributed by atoms with Crippen LogP contribution in [0.15, 0.2) is 215 Å². The lowest BCUT2D eigenvalue weighted by molar-refractivity contribution is 0.848. The third-order valence-corrected chi connectivity index (χ3v) is 13.7. The van der Waals surface area contributed by atoms with Crippen molar-refractivity contribution in [3.05, 3.63) is 222 Å². The lowest BCUT2D eigenvalue weighted by Gasteiger charge is -2.28. The quantitative estimate of drug-likeness (QED) is 0.192. The molecule has 0 spiro atoms.